The first-order valence-electron chi connectivity index (χ1n) is 16.2. The van der Waals surface area contributed by atoms with Gasteiger partial charge in [-0.3, -0.25) is 9.59 Å². The molecule has 5 rings (SSSR count). The van der Waals surface area contributed by atoms with E-state index in [2.05, 4.69) is 22.4 Å². The highest BCUT2D eigenvalue weighted by molar-refractivity contribution is 7.09. The Morgan fingerprint density at radius 1 is 0.875 bits per heavy atom. The lowest BCUT2D eigenvalue weighted by Crippen LogP contribution is -2.37. The molecule has 248 valence electrons. The molecule has 1 heterocycles. The molecule has 0 fully saturated rings. The third kappa shape index (κ3) is 9.70. The van der Waals surface area contributed by atoms with Gasteiger partial charge in [0.1, 0.15) is 10.8 Å². The fraction of sp³-hybridized carbons (Fsp3) is 0.275. The van der Waals surface area contributed by atoms with Gasteiger partial charge in [-0.1, -0.05) is 84.9 Å². The number of Topliss-reactive ketones (excluding diaryl/α,β-unsaturated/α-hetero) is 1. The third-order valence-electron chi connectivity index (χ3n) is 8.41. The van der Waals surface area contributed by atoms with Gasteiger partial charge in [0.05, 0.1) is 25.8 Å². The number of aliphatic hydroxyl groups excluding tert-OH is 1. The van der Waals surface area contributed by atoms with Crippen molar-refractivity contribution in [2.45, 2.75) is 44.9 Å². The number of rotatable bonds is 16. The van der Waals surface area contributed by atoms with Crippen molar-refractivity contribution in [3.8, 4) is 5.75 Å². The Hall–Kier alpha value is -4.63. The van der Waals surface area contributed by atoms with E-state index in [0.717, 1.165) is 27.4 Å². The number of nitrogens with zero attached hydrogens (tertiary/aromatic N) is 2. The highest BCUT2D eigenvalue weighted by Crippen LogP contribution is 2.26. The number of hydrogen-bond acceptors (Lipinski definition) is 7. The molecule has 0 bridgehead atoms. The first-order chi connectivity index (χ1) is 23.3. The molecule has 0 aliphatic rings. The van der Waals surface area contributed by atoms with E-state index in [4.69, 9.17) is 4.74 Å². The summed E-state index contributed by atoms with van der Waals surface area (Å²) in [4.78, 5) is 33.2. The monoisotopic (exact) mass is 661 g/mol. The Morgan fingerprint density at radius 3 is 2.21 bits per heavy atom. The van der Waals surface area contributed by atoms with Gasteiger partial charge in [-0.15, -0.1) is 11.3 Å². The summed E-state index contributed by atoms with van der Waals surface area (Å²) in [6.07, 6.45) is 0.692. The highest BCUT2D eigenvalue weighted by Gasteiger charge is 2.25. The van der Waals surface area contributed by atoms with Gasteiger partial charge in [0.2, 0.25) is 0 Å². The number of aliphatic hydroxyl groups is 1. The zero-order chi connectivity index (χ0) is 33.9. The van der Waals surface area contributed by atoms with Crippen LogP contribution in [0.4, 0.5) is 0 Å². The van der Waals surface area contributed by atoms with Crippen molar-refractivity contribution < 1.29 is 19.4 Å². The topological polar surface area (TPSA) is 91.8 Å². The number of thiazole rings is 1. The second kappa shape index (κ2) is 17.0. The maximum Gasteiger partial charge on any atom is 0.253 e. The van der Waals surface area contributed by atoms with E-state index in [1.54, 1.807) is 43.3 Å². The molecular weight excluding hydrogens is 619 g/mol. The molecule has 5 aromatic rings. The summed E-state index contributed by atoms with van der Waals surface area (Å²) in [5.74, 6) is 0.443. The largest absolute Gasteiger partial charge is 0.497 e. The molecule has 7 nitrogen and oxygen atoms in total. The molecule has 48 heavy (non-hydrogen) atoms. The van der Waals surface area contributed by atoms with Gasteiger partial charge in [-0.2, -0.15) is 0 Å². The Kier molecular flexibility index (Phi) is 12.3. The van der Waals surface area contributed by atoms with Crippen LogP contribution in [0.1, 0.15) is 60.6 Å². The molecule has 0 saturated carbocycles. The summed E-state index contributed by atoms with van der Waals surface area (Å²) < 4.78 is 5.50. The zero-order valence-corrected chi connectivity index (χ0v) is 28.5. The zero-order valence-electron chi connectivity index (χ0n) is 27.7. The van der Waals surface area contributed by atoms with Crippen molar-refractivity contribution >= 4 is 23.0 Å². The molecule has 1 amide bonds. The number of amides is 1. The molecule has 4 aromatic carbocycles. The van der Waals surface area contributed by atoms with Crippen molar-refractivity contribution in [2.75, 3.05) is 20.7 Å². The standard InChI is InChI=1S/C40H43N3O4S/c1-28-27-48-38(42-28)26-43(2)40(46)34-18-10-16-32(23-34)36(44)22-31(20-29-12-6-4-7-13-29)25-41-39(33-17-11-19-35(24-33)47-3)37(45)21-30-14-8-5-9-15-30/h4-19,23-24,27,31,37,39,41,45H,20-22,25-26H2,1-3H3/t31-,37-,39+/m1/s1. The van der Waals surface area contributed by atoms with Crippen LogP contribution >= 0.6 is 11.3 Å². The maximum absolute atomic E-state index is 13.8. The van der Waals surface area contributed by atoms with Crippen molar-refractivity contribution in [1.82, 2.24) is 15.2 Å². The fourth-order valence-corrected chi connectivity index (χ4v) is 6.74. The number of ether oxygens (including phenoxy) is 1. The molecule has 8 heteroatoms. The number of aromatic nitrogens is 1. The first-order valence-corrected chi connectivity index (χ1v) is 17.1. The summed E-state index contributed by atoms with van der Waals surface area (Å²) in [6, 6.07) is 34.4. The van der Waals surface area contributed by atoms with Gasteiger partial charge in [-0.25, -0.2) is 4.98 Å². The van der Waals surface area contributed by atoms with E-state index >= 15 is 0 Å². The lowest BCUT2D eigenvalue weighted by molar-refractivity contribution is 0.0785. The molecule has 0 saturated heterocycles. The Balaban J connectivity index is 1.33. The third-order valence-corrected chi connectivity index (χ3v) is 9.36. The summed E-state index contributed by atoms with van der Waals surface area (Å²) in [5, 5.41) is 18.0. The highest BCUT2D eigenvalue weighted by atomic mass is 32.1. The van der Waals surface area contributed by atoms with Gasteiger partial charge in [-0.05, 0) is 66.8 Å². The maximum atomic E-state index is 13.8. The van der Waals surface area contributed by atoms with Crippen LogP contribution in [0.25, 0.3) is 0 Å². The Bertz CT molecular complexity index is 1780. The predicted molar refractivity (Wildman–Crippen MR) is 192 cm³/mol. The molecule has 0 spiro atoms. The number of ketones is 1. The second-order valence-corrected chi connectivity index (χ2v) is 13.2. The van der Waals surface area contributed by atoms with E-state index in [9.17, 15) is 14.7 Å². The van der Waals surface area contributed by atoms with Crippen molar-refractivity contribution in [2.24, 2.45) is 5.92 Å². The van der Waals surface area contributed by atoms with Crippen molar-refractivity contribution in [3.05, 3.63) is 153 Å². The Morgan fingerprint density at radius 2 is 1.54 bits per heavy atom. The Labute approximate surface area is 287 Å². The summed E-state index contributed by atoms with van der Waals surface area (Å²) in [5.41, 5.74) is 4.98. The van der Waals surface area contributed by atoms with Crippen LogP contribution in [0.2, 0.25) is 0 Å². The van der Waals surface area contributed by atoms with Crippen LogP contribution in [-0.2, 0) is 19.4 Å². The van der Waals surface area contributed by atoms with Crippen LogP contribution in [0, 0.1) is 12.8 Å². The van der Waals surface area contributed by atoms with Crippen LogP contribution in [0.15, 0.2) is 115 Å². The van der Waals surface area contributed by atoms with E-state index in [1.807, 2.05) is 85.1 Å². The number of hydrogen-bond donors (Lipinski definition) is 2. The molecule has 0 radical (unpaired) electrons. The summed E-state index contributed by atoms with van der Waals surface area (Å²) >= 11 is 1.53. The summed E-state index contributed by atoms with van der Waals surface area (Å²) in [6.45, 7) is 2.83. The van der Waals surface area contributed by atoms with E-state index < -0.39 is 12.1 Å². The number of aryl methyl sites for hydroxylation is 1. The van der Waals surface area contributed by atoms with E-state index in [0.29, 0.717) is 42.8 Å². The average Bonchev–Trinajstić information content (AvgIpc) is 3.52. The van der Waals surface area contributed by atoms with Gasteiger partial charge in [0.15, 0.2) is 5.78 Å². The van der Waals surface area contributed by atoms with Crippen LogP contribution in [-0.4, -0.2) is 53.5 Å². The lowest BCUT2D eigenvalue weighted by Gasteiger charge is -2.28. The minimum absolute atomic E-state index is 0.0339. The predicted octanol–water partition coefficient (Wildman–Crippen LogP) is 7.10. The lowest BCUT2D eigenvalue weighted by atomic mass is 9.90. The molecule has 0 aliphatic carbocycles. The molecule has 0 aliphatic heterocycles. The number of carbonyl (C=O) groups excluding carboxylic acids is 2. The molecule has 3 atom stereocenters. The van der Waals surface area contributed by atoms with Gasteiger partial charge >= 0.3 is 0 Å². The quantitative estimate of drug-likeness (QED) is 0.110. The number of nitrogens with one attached hydrogen (secondary N) is 1. The average molecular weight is 662 g/mol. The van der Waals surface area contributed by atoms with Crippen LogP contribution < -0.4 is 10.1 Å². The molecule has 0 unspecified atom stereocenters. The van der Waals surface area contributed by atoms with Crippen molar-refractivity contribution in [3.63, 3.8) is 0 Å². The van der Waals surface area contributed by atoms with Crippen LogP contribution in [0.5, 0.6) is 5.75 Å². The number of methoxy groups -OCH3 is 1. The van der Waals surface area contributed by atoms with E-state index in [1.165, 1.54) is 11.3 Å². The molecule has 2 N–H and O–H groups in total. The number of carbonyl (C=O) groups is 2. The number of benzene rings is 4. The van der Waals surface area contributed by atoms with Gasteiger partial charge in [0, 0.05) is 42.1 Å². The van der Waals surface area contributed by atoms with E-state index in [-0.39, 0.29) is 24.0 Å². The van der Waals surface area contributed by atoms with Gasteiger partial charge < -0.3 is 20.1 Å². The summed E-state index contributed by atoms with van der Waals surface area (Å²) in [7, 11) is 3.38. The minimum Gasteiger partial charge on any atom is -0.497 e. The fourth-order valence-electron chi connectivity index (χ4n) is 5.92. The first kappa shape index (κ1) is 34.7. The van der Waals surface area contributed by atoms with Gasteiger partial charge in [0.25, 0.3) is 5.91 Å². The smallest absolute Gasteiger partial charge is 0.253 e. The van der Waals surface area contributed by atoms with Crippen molar-refractivity contribution in [1.29, 1.82) is 0 Å². The SMILES string of the molecule is COc1cccc([C@H](NC[C@@H](CC(=O)c2cccc(C(=O)N(C)Cc3nc(C)cs3)c2)Cc2ccccc2)[C@H](O)Cc2ccccc2)c1. The molecular formula is C40H43N3O4S. The van der Waals surface area contributed by atoms with Crippen LogP contribution in [0.3, 0.4) is 0 Å². The second-order valence-electron chi connectivity index (χ2n) is 12.2. The minimum atomic E-state index is -0.722. The normalized spacial score (nSPS) is 13.0. The molecule has 1 aromatic heterocycles.